The Morgan fingerprint density at radius 2 is 1.69 bits per heavy atom. The maximum absolute atomic E-state index is 5.24. The highest BCUT2D eigenvalue weighted by Gasteiger charge is 2.22. The SMILES string of the molecule is CCCNC(C(C)C)C(OC)OC. The maximum atomic E-state index is 5.24. The largest absolute Gasteiger partial charge is 0.354 e. The maximum Gasteiger partial charge on any atom is 0.172 e. The lowest BCUT2D eigenvalue weighted by Gasteiger charge is -2.28. The van der Waals surface area contributed by atoms with E-state index in [1.165, 1.54) is 0 Å². The molecule has 1 unspecified atom stereocenters. The van der Waals surface area contributed by atoms with E-state index < -0.39 is 0 Å². The molecule has 0 amide bonds. The van der Waals surface area contributed by atoms with E-state index in [2.05, 4.69) is 26.1 Å². The minimum atomic E-state index is -0.147. The van der Waals surface area contributed by atoms with Crippen LogP contribution in [0.4, 0.5) is 0 Å². The van der Waals surface area contributed by atoms with Crippen molar-refractivity contribution in [1.82, 2.24) is 5.32 Å². The normalized spacial score (nSPS) is 14.1. The van der Waals surface area contributed by atoms with Gasteiger partial charge in [-0.1, -0.05) is 20.8 Å². The topological polar surface area (TPSA) is 30.5 Å². The molecule has 0 spiro atoms. The Kier molecular flexibility index (Phi) is 7.23. The number of hydrogen-bond acceptors (Lipinski definition) is 3. The van der Waals surface area contributed by atoms with Gasteiger partial charge >= 0.3 is 0 Å². The molecule has 0 saturated heterocycles. The van der Waals surface area contributed by atoms with Gasteiger partial charge in [0.15, 0.2) is 6.29 Å². The third-order valence-corrected chi connectivity index (χ3v) is 2.11. The van der Waals surface area contributed by atoms with Crippen molar-refractivity contribution in [3.8, 4) is 0 Å². The molecule has 0 bridgehead atoms. The number of nitrogens with one attached hydrogen (secondary N) is 1. The minimum Gasteiger partial charge on any atom is -0.354 e. The first-order chi connectivity index (χ1) is 6.17. The molecule has 0 aliphatic heterocycles. The average Bonchev–Trinajstić information content (AvgIpc) is 2.11. The second kappa shape index (κ2) is 7.30. The fourth-order valence-electron chi connectivity index (χ4n) is 1.35. The number of ether oxygens (including phenoxy) is 2. The van der Waals surface area contributed by atoms with Crippen LogP contribution in [0.3, 0.4) is 0 Å². The van der Waals surface area contributed by atoms with Gasteiger partial charge in [0.1, 0.15) is 0 Å². The van der Waals surface area contributed by atoms with Crippen molar-refractivity contribution in [3.63, 3.8) is 0 Å². The van der Waals surface area contributed by atoms with Crippen molar-refractivity contribution in [2.45, 2.75) is 39.5 Å². The first-order valence-corrected chi connectivity index (χ1v) is 4.96. The molecule has 0 saturated carbocycles. The van der Waals surface area contributed by atoms with E-state index in [0.29, 0.717) is 5.92 Å². The molecule has 0 rings (SSSR count). The van der Waals surface area contributed by atoms with Crippen molar-refractivity contribution >= 4 is 0 Å². The summed E-state index contributed by atoms with van der Waals surface area (Å²) >= 11 is 0. The Hall–Kier alpha value is -0.120. The Bertz CT molecular complexity index is 113. The quantitative estimate of drug-likeness (QED) is 0.617. The zero-order chi connectivity index (χ0) is 10.3. The lowest BCUT2D eigenvalue weighted by molar-refractivity contribution is -0.130. The van der Waals surface area contributed by atoms with Crippen LogP contribution in [0.5, 0.6) is 0 Å². The van der Waals surface area contributed by atoms with E-state index in [4.69, 9.17) is 9.47 Å². The van der Waals surface area contributed by atoms with Crippen LogP contribution in [-0.2, 0) is 9.47 Å². The average molecular weight is 189 g/mol. The van der Waals surface area contributed by atoms with Crippen LogP contribution in [0.25, 0.3) is 0 Å². The zero-order valence-electron chi connectivity index (χ0n) is 9.46. The molecule has 80 valence electrons. The van der Waals surface area contributed by atoms with Gasteiger partial charge in [0.2, 0.25) is 0 Å². The van der Waals surface area contributed by atoms with Crippen LogP contribution in [0.1, 0.15) is 27.2 Å². The molecule has 3 heteroatoms. The zero-order valence-corrected chi connectivity index (χ0v) is 9.46. The van der Waals surface area contributed by atoms with Crippen LogP contribution in [0.15, 0.2) is 0 Å². The van der Waals surface area contributed by atoms with Crippen molar-refractivity contribution < 1.29 is 9.47 Å². The third-order valence-electron chi connectivity index (χ3n) is 2.11. The number of rotatable bonds is 7. The van der Waals surface area contributed by atoms with Gasteiger partial charge in [-0.15, -0.1) is 0 Å². The highest BCUT2D eigenvalue weighted by Crippen LogP contribution is 2.09. The Balaban J connectivity index is 4.04. The van der Waals surface area contributed by atoms with E-state index in [0.717, 1.165) is 13.0 Å². The van der Waals surface area contributed by atoms with Crippen molar-refractivity contribution in [2.75, 3.05) is 20.8 Å². The molecule has 0 fully saturated rings. The molecule has 0 radical (unpaired) electrons. The van der Waals surface area contributed by atoms with Crippen LogP contribution in [-0.4, -0.2) is 33.1 Å². The molecular formula is C10H23NO2. The van der Waals surface area contributed by atoms with Crippen molar-refractivity contribution in [1.29, 1.82) is 0 Å². The van der Waals surface area contributed by atoms with Gasteiger partial charge in [0.25, 0.3) is 0 Å². The second-order valence-corrected chi connectivity index (χ2v) is 3.56. The standard InChI is InChI=1S/C10H23NO2/c1-6-7-11-9(8(2)3)10(12-4)13-5/h8-11H,6-7H2,1-5H3. The summed E-state index contributed by atoms with van der Waals surface area (Å²) in [6.45, 7) is 7.49. The van der Waals surface area contributed by atoms with Crippen molar-refractivity contribution in [3.05, 3.63) is 0 Å². The monoisotopic (exact) mass is 189 g/mol. The molecule has 1 atom stereocenters. The molecule has 0 heterocycles. The Morgan fingerprint density at radius 3 is 2.00 bits per heavy atom. The van der Waals surface area contributed by atoms with Gasteiger partial charge in [-0.05, 0) is 18.9 Å². The van der Waals surface area contributed by atoms with Gasteiger partial charge in [-0.3, -0.25) is 0 Å². The highest BCUT2D eigenvalue weighted by atomic mass is 16.7. The van der Waals surface area contributed by atoms with E-state index in [-0.39, 0.29) is 12.3 Å². The molecule has 13 heavy (non-hydrogen) atoms. The molecule has 0 aromatic heterocycles. The summed E-state index contributed by atoms with van der Waals surface area (Å²) in [5, 5.41) is 3.42. The minimum absolute atomic E-state index is 0.147. The van der Waals surface area contributed by atoms with E-state index >= 15 is 0 Å². The summed E-state index contributed by atoms with van der Waals surface area (Å²) in [4.78, 5) is 0. The summed E-state index contributed by atoms with van der Waals surface area (Å²) in [7, 11) is 3.36. The molecule has 0 aromatic carbocycles. The molecule has 0 aromatic rings. The number of methoxy groups -OCH3 is 2. The third kappa shape index (κ3) is 4.60. The fourth-order valence-corrected chi connectivity index (χ4v) is 1.35. The van der Waals surface area contributed by atoms with Crippen LogP contribution < -0.4 is 5.32 Å². The first-order valence-electron chi connectivity index (χ1n) is 4.96. The summed E-state index contributed by atoms with van der Waals surface area (Å²) in [6, 6.07) is 0.273. The Labute approximate surface area is 81.8 Å². The molecular weight excluding hydrogens is 166 g/mol. The second-order valence-electron chi connectivity index (χ2n) is 3.56. The lowest BCUT2D eigenvalue weighted by Crippen LogP contribution is -2.45. The van der Waals surface area contributed by atoms with Gasteiger partial charge < -0.3 is 14.8 Å². The summed E-state index contributed by atoms with van der Waals surface area (Å²) in [6.07, 6.45) is 0.982. The molecule has 1 N–H and O–H groups in total. The van der Waals surface area contributed by atoms with Crippen LogP contribution in [0, 0.1) is 5.92 Å². The van der Waals surface area contributed by atoms with Gasteiger partial charge in [0.05, 0.1) is 6.04 Å². The number of hydrogen-bond donors (Lipinski definition) is 1. The highest BCUT2D eigenvalue weighted by molar-refractivity contribution is 4.73. The predicted octanol–water partition coefficient (Wildman–Crippen LogP) is 1.63. The summed E-state index contributed by atoms with van der Waals surface area (Å²) in [5.74, 6) is 0.511. The van der Waals surface area contributed by atoms with Gasteiger partial charge in [0, 0.05) is 14.2 Å². The van der Waals surface area contributed by atoms with Crippen LogP contribution in [0.2, 0.25) is 0 Å². The summed E-state index contributed by atoms with van der Waals surface area (Å²) in [5.41, 5.74) is 0. The summed E-state index contributed by atoms with van der Waals surface area (Å²) < 4.78 is 10.5. The Morgan fingerprint density at radius 1 is 1.15 bits per heavy atom. The first kappa shape index (κ1) is 12.9. The van der Waals surface area contributed by atoms with Gasteiger partial charge in [-0.25, -0.2) is 0 Å². The van der Waals surface area contributed by atoms with E-state index in [9.17, 15) is 0 Å². The van der Waals surface area contributed by atoms with Gasteiger partial charge in [-0.2, -0.15) is 0 Å². The molecule has 0 aliphatic rings. The van der Waals surface area contributed by atoms with E-state index in [1.54, 1.807) is 14.2 Å². The molecule has 0 aliphatic carbocycles. The lowest BCUT2D eigenvalue weighted by atomic mass is 10.0. The fraction of sp³-hybridized carbons (Fsp3) is 1.00. The molecule has 3 nitrogen and oxygen atoms in total. The van der Waals surface area contributed by atoms with Crippen LogP contribution >= 0.6 is 0 Å². The predicted molar refractivity (Wildman–Crippen MR) is 54.7 cm³/mol. The smallest absolute Gasteiger partial charge is 0.172 e. The van der Waals surface area contributed by atoms with E-state index in [1.807, 2.05) is 0 Å². The van der Waals surface area contributed by atoms with Crippen molar-refractivity contribution in [2.24, 2.45) is 5.92 Å².